The third kappa shape index (κ3) is 6.18. The third-order valence-electron chi connectivity index (χ3n) is 3.80. The van der Waals surface area contributed by atoms with Gasteiger partial charge in [-0.2, -0.15) is 4.31 Å². The van der Waals surface area contributed by atoms with Crippen molar-refractivity contribution in [1.82, 2.24) is 9.62 Å². The van der Waals surface area contributed by atoms with Gasteiger partial charge in [-0.1, -0.05) is 52.5 Å². The van der Waals surface area contributed by atoms with E-state index in [1.54, 1.807) is 24.3 Å². The minimum atomic E-state index is -3.52. The van der Waals surface area contributed by atoms with Gasteiger partial charge in [-0.25, -0.2) is 13.2 Å². The highest BCUT2D eigenvalue weighted by molar-refractivity contribution is 7.89. The fraction of sp³-hybridized carbons (Fsp3) is 0.533. The van der Waals surface area contributed by atoms with Crippen LogP contribution in [0.5, 0.6) is 0 Å². The number of alkyl carbamates (subject to hydrolysis) is 1. The zero-order valence-corrected chi connectivity index (χ0v) is 16.6. The van der Waals surface area contributed by atoms with Gasteiger partial charge in [0.25, 0.3) is 0 Å². The van der Waals surface area contributed by atoms with Gasteiger partial charge in [0.2, 0.25) is 13.8 Å². The number of ether oxygens (including phenoxy) is 1. The van der Waals surface area contributed by atoms with Gasteiger partial charge in [0, 0.05) is 19.1 Å². The number of alkyl halides is 3. The highest BCUT2D eigenvalue weighted by atomic mass is 35.6. The first-order valence-corrected chi connectivity index (χ1v) is 10.2. The average molecular weight is 430 g/mol. The van der Waals surface area contributed by atoms with Crippen molar-refractivity contribution in [1.29, 1.82) is 0 Å². The molecule has 0 spiro atoms. The maximum absolute atomic E-state index is 12.6. The number of nitrogens with zero attached hydrogens (tertiary/aromatic N) is 1. The Bertz CT molecular complexity index is 696. The SMILES string of the molecule is Cc1ccc(S(=O)(=O)N2CCC(NC(=O)OCC(Cl)(Cl)Cl)CC2)cc1. The molecule has 0 atom stereocenters. The van der Waals surface area contributed by atoms with Crippen LogP contribution < -0.4 is 5.32 Å². The van der Waals surface area contributed by atoms with Gasteiger partial charge in [-0.15, -0.1) is 0 Å². The highest BCUT2D eigenvalue weighted by Crippen LogP contribution is 2.26. The Balaban J connectivity index is 1.87. The molecule has 1 aliphatic heterocycles. The molecule has 1 aromatic carbocycles. The molecule has 0 unspecified atom stereocenters. The van der Waals surface area contributed by atoms with Crippen molar-refractivity contribution in [3.8, 4) is 0 Å². The second-order valence-corrected chi connectivity index (χ2v) is 10.3. The lowest BCUT2D eigenvalue weighted by atomic mass is 10.1. The van der Waals surface area contributed by atoms with Crippen LogP contribution in [-0.2, 0) is 14.8 Å². The van der Waals surface area contributed by atoms with E-state index in [4.69, 9.17) is 39.5 Å². The summed E-state index contributed by atoms with van der Waals surface area (Å²) in [5, 5.41) is 2.65. The van der Waals surface area contributed by atoms with Gasteiger partial charge in [-0.05, 0) is 31.9 Å². The molecule has 25 heavy (non-hydrogen) atoms. The smallest absolute Gasteiger partial charge is 0.407 e. The minimum Gasteiger partial charge on any atom is -0.445 e. The van der Waals surface area contributed by atoms with Gasteiger partial charge in [0.1, 0.15) is 6.61 Å². The quantitative estimate of drug-likeness (QED) is 0.746. The van der Waals surface area contributed by atoms with E-state index < -0.39 is 19.9 Å². The van der Waals surface area contributed by atoms with Crippen LogP contribution in [0.3, 0.4) is 0 Å². The first-order valence-electron chi connectivity index (χ1n) is 7.65. The standard InChI is InChI=1S/C15H19Cl3N2O4S/c1-11-2-4-13(5-3-11)25(22,23)20-8-6-12(7-9-20)19-14(21)24-10-15(16,17)18/h2-5,12H,6-10H2,1H3,(H,19,21). The molecule has 0 aliphatic carbocycles. The lowest BCUT2D eigenvalue weighted by Gasteiger charge is -2.31. The van der Waals surface area contributed by atoms with Gasteiger partial charge >= 0.3 is 6.09 Å². The van der Waals surface area contributed by atoms with Crippen molar-refractivity contribution >= 4 is 50.9 Å². The van der Waals surface area contributed by atoms with Crippen LogP contribution in [0.15, 0.2) is 29.2 Å². The summed E-state index contributed by atoms with van der Waals surface area (Å²) in [6.45, 7) is 2.16. The van der Waals surface area contributed by atoms with E-state index in [-0.39, 0.29) is 17.5 Å². The molecule has 1 amide bonds. The van der Waals surface area contributed by atoms with Crippen LogP contribution in [0, 0.1) is 6.92 Å². The first kappa shape index (κ1) is 20.6. The molecule has 1 aliphatic rings. The van der Waals surface area contributed by atoms with Crippen molar-refractivity contribution in [3.63, 3.8) is 0 Å². The van der Waals surface area contributed by atoms with E-state index in [2.05, 4.69) is 5.32 Å². The molecule has 0 bridgehead atoms. The first-order chi connectivity index (χ1) is 11.6. The predicted octanol–water partition coefficient (Wildman–Crippen LogP) is 3.24. The molecule has 10 heteroatoms. The van der Waals surface area contributed by atoms with Gasteiger partial charge in [0.05, 0.1) is 4.90 Å². The Morgan fingerprint density at radius 3 is 2.32 bits per heavy atom. The predicted molar refractivity (Wildman–Crippen MR) is 97.7 cm³/mol. The number of halogens is 3. The summed E-state index contributed by atoms with van der Waals surface area (Å²) < 4.78 is 29.8. The van der Waals surface area contributed by atoms with Gasteiger partial charge in [-0.3, -0.25) is 0 Å². The number of rotatable bonds is 4. The summed E-state index contributed by atoms with van der Waals surface area (Å²) in [7, 11) is -3.52. The number of carbonyl (C=O) groups is 1. The molecule has 1 fully saturated rings. The summed E-state index contributed by atoms with van der Waals surface area (Å²) in [4.78, 5) is 11.9. The van der Waals surface area contributed by atoms with Crippen LogP contribution in [0.2, 0.25) is 0 Å². The number of amides is 1. The van der Waals surface area contributed by atoms with Crippen LogP contribution >= 0.6 is 34.8 Å². The number of hydrogen-bond acceptors (Lipinski definition) is 4. The molecule has 6 nitrogen and oxygen atoms in total. The largest absolute Gasteiger partial charge is 0.445 e. The summed E-state index contributed by atoms with van der Waals surface area (Å²) in [6, 6.07) is 6.54. The summed E-state index contributed by atoms with van der Waals surface area (Å²) in [6.07, 6.45) is 0.272. The second kappa shape index (κ2) is 8.31. The van der Waals surface area contributed by atoms with E-state index in [1.807, 2.05) is 6.92 Å². The lowest BCUT2D eigenvalue weighted by molar-refractivity contribution is 0.140. The van der Waals surface area contributed by atoms with Gasteiger partial charge in [0.15, 0.2) is 0 Å². The second-order valence-electron chi connectivity index (χ2n) is 5.83. The van der Waals surface area contributed by atoms with Gasteiger partial charge < -0.3 is 10.1 Å². The number of hydrogen-bond donors (Lipinski definition) is 1. The molecule has 0 saturated carbocycles. The van der Waals surface area contributed by atoms with Crippen LogP contribution in [0.1, 0.15) is 18.4 Å². The molecule has 1 aromatic rings. The van der Waals surface area contributed by atoms with Crippen molar-refractivity contribution in [3.05, 3.63) is 29.8 Å². The number of nitrogens with one attached hydrogen (secondary N) is 1. The highest BCUT2D eigenvalue weighted by Gasteiger charge is 2.30. The molecule has 1 heterocycles. The molecule has 1 saturated heterocycles. The molecular formula is C15H19Cl3N2O4S. The van der Waals surface area contributed by atoms with Crippen LogP contribution in [0.25, 0.3) is 0 Å². The summed E-state index contributed by atoms with van der Waals surface area (Å²) in [5.41, 5.74) is 0.996. The third-order valence-corrected chi connectivity index (χ3v) is 6.04. The Kier molecular flexibility index (Phi) is 6.84. The van der Waals surface area contributed by atoms with E-state index in [9.17, 15) is 13.2 Å². The number of benzene rings is 1. The minimum absolute atomic E-state index is 0.188. The van der Waals surface area contributed by atoms with Crippen LogP contribution in [0.4, 0.5) is 4.79 Å². The zero-order chi connectivity index (χ0) is 18.7. The number of piperidine rings is 1. The number of sulfonamides is 1. The van der Waals surface area contributed by atoms with Crippen LogP contribution in [-0.4, -0.2) is 48.3 Å². The fourth-order valence-electron chi connectivity index (χ4n) is 2.46. The van der Waals surface area contributed by atoms with Crippen molar-refractivity contribution in [2.75, 3.05) is 19.7 Å². The van der Waals surface area contributed by atoms with E-state index in [0.29, 0.717) is 25.9 Å². The Morgan fingerprint density at radius 2 is 1.80 bits per heavy atom. The van der Waals surface area contributed by atoms with E-state index >= 15 is 0 Å². The normalized spacial score (nSPS) is 17.3. The Hall–Kier alpha value is -0.730. The number of carbonyl (C=O) groups excluding carboxylic acids is 1. The maximum Gasteiger partial charge on any atom is 0.407 e. The molecule has 0 radical (unpaired) electrons. The average Bonchev–Trinajstić information content (AvgIpc) is 2.53. The lowest BCUT2D eigenvalue weighted by Crippen LogP contribution is -2.46. The molecule has 2 rings (SSSR count). The summed E-state index contributed by atoms with van der Waals surface area (Å²) >= 11 is 16.5. The zero-order valence-electron chi connectivity index (χ0n) is 13.5. The number of aryl methyl sites for hydroxylation is 1. The maximum atomic E-state index is 12.6. The molecule has 140 valence electrons. The van der Waals surface area contributed by atoms with Crippen molar-refractivity contribution < 1.29 is 17.9 Å². The van der Waals surface area contributed by atoms with Crippen molar-refractivity contribution in [2.45, 2.75) is 34.5 Å². The topological polar surface area (TPSA) is 75.7 Å². The van der Waals surface area contributed by atoms with E-state index in [1.165, 1.54) is 4.31 Å². The molecular weight excluding hydrogens is 411 g/mol. The summed E-state index contributed by atoms with van der Waals surface area (Å²) in [5.74, 6) is 0. The monoisotopic (exact) mass is 428 g/mol. The van der Waals surface area contributed by atoms with E-state index in [0.717, 1.165) is 5.56 Å². The Labute approximate surface area is 162 Å². The Morgan fingerprint density at radius 1 is 1.24 bits per heavy atom. The fourth-order valence-corrected chi connectivity index (χ4v) is 4.09. The van der Waals surface area contributed by atoms with Crippen molar-refractivity contribution in [2.24, 2.45) is 0 Å². The molecule has 1 N–H and O–H groups in total. The molecule has 0 aromatic heterocycles.